The van der Waals surface area contributed by atoms with Crippen molar-refractivity contribution in [2.24, 2.45) is 11.7 Å². The summed E-state index contributed by atoms with van der Waals surface area (Å²) in [4.78, 5) is 12.3. The summed E-state index contributed by atoms with van der Waals surface area (Å²) in [5.41, 5.74) is 6.89. The van der Waals surface area contributed by atoms with Crippen LogP contribution in [0.4, 0.5) is 0 Å². The predicted molar refractivity (Wildman–Crippen MR) is 92.5 cm³/mol. The fourth-order valence-electron chi connectivity index (χ4n) is 2.76. The quantitative estimate of drug-likeness (QED) is 0.782. The largest absolute Gasteiger partial charge is 0.493 e. The zero-order valence-electron chi connectivity index (χ0n) is 14.1. The maximum atomic E-state index is 12.3. The zero-order valence-corrected chi connectivity index (χ0v) is 14.9. The molecule has 1 unspecified atom stereocenters. The lowest BCUT2D eigenvalue weighted by Crippen LogP contribution is -2.46. The van der Waals surface area contributed by atoms with Crippen LogP contribution in [0.25, 0.3) is 0 Å². The van der Waals surface area contributed by atoms with E-state index in [4.69, 9.17) is 31.5 Å². The molecule has 3 N–H and O–H groups in total. The van der Waals surface area contributed by atoms with E-state index in [9.17, 15) is 4.79 Å². The molecule has 1 aliphatic heterocycles. The van der Waals surface area contributed by atoms with Crippen LogP contribution >= 0.6 is 11.6 Å². The predicted octanol–water partition coefficient (Wildman–Crippen LogP) is 2.12. The number of nitrogens with one attached hydrogen (secondary N) is 1. The van der Waals surface area contributed by atoms with Gasteiger partial charge in [0.25, 0.3) is 0 Å². The van der Waals surface area contributed by atoms with Crippen molar-refractivity contribution in [3.8, 4) is 11.5 Å². The van der Waals surface area contributed by atoms with Gasteiger partial charge in [0, 0.05) is 19.8 Å². The van der Waals surface area contributed by atoms with Crippen molar-refractivity contribution in [1.29, 1.82) is 0 Å². The molecule has 6 nitrogen and oxygen atoms in total. The number of nitrogens with two attached hydrogens (primary N) is 1. The van der Waals surface area contributed by atoms with Crippen molar-refractivity contribution in [2.45, 2.75) is 32.4 Å². The molecule has 1 aromatic rings. The zero-order chi connectivity index (χ0) is 17.5. The van der Waals surface area contributed by atoms with Gasteiger partial charge in [-0.25, -0.2) is 0 Å². The molecule has 0 bridgehead atoms. The summed E-state index contributed by atoms with van der Waals surface area (Å²) in [7, 11) is 1.55. The van der Waals surface area contributed by atoms with Crippen LogP contribution in [-0.4, -0.2) is 38.9 Å². The van der Waals surface area contributed by atoms with Crippen LogP contribution in [0.5, 0.6) is 11.5 Å². The van der Waals surface area contributed by atoms with Crippen LogP contribution in [0.15, 0.2) is 12.1 Å². The average molecular weight is 357 g/mol. The van der Waals surface area contributed by atoms with E-state index >= 15 is 0 Å². The van der Waals surface area contributed by atoms with E-state index < -0.39 is 6.04 Å². The number of halogens is 1. The molecule has 0 spiro atoms. The lowest BCUT2D eigenvalue weighted by molar-refractivity contribution is -0.124. The summed E-state index contributed by atoms with van der Waals surface area (Å²) < 4.78 is 16.1. The molecule has 0 aromatic heterocycles. The maximum absolute atomic E-state index is 12.3. The Morgan fingerprint density at radius 2 is 2.17 bits per heavy atom. The minimum atomic E-state index is -0.519. The highest BCUT2D eigenvalue weighted by Crippen LogP contribution is 2.36. The Bertz CT molecular complexity index is 562. The molecule has 1 aliphatic rings. The van der Waals surface area contributed by atoms with Gasteiger partial charge in [0.2, 0.25) is 5.91 Å². The van der Waals surface area contributed by atoms with E-state index in [0.29, 0.717) is 42.9 Å². The summed E-state index contributed by atoms with van der Waals surface area (Å²) in [6.45, 7) is 4.03. The second kappa shape index (κ2) is 9.11. The number of amides is 1. The minimum absolute atomic E-state index is 0.161. The summed E-state index contributed by atoms with van der Waals surface area (Å²) in [5.74, 6) is 1.06. The third-order valence-electron chi connectivity index (χ3n) is 4.12. The van der Waals surface area contributed by atoms with E-state index in [-0.39, 0.29) is 11.8 Å². The molecule has 1 heterocycles. The molecule has 1 fully saturated rings. The van der Waals surface area contributed by atoms with E-state index in [1.807, 2.05) is 6.92 Å². The number of rotatable bonds is 7. The third-order valence-corrected chi connectivity index (χ3v) is 4.40. The Morgan fingerprint density at radius 3 is 2.79 bits per heavy atom. The highest BCUT2D eigenvalue weighted by molar-refractivity contribution is 6.32. The van der Waals surface area contributed by atoms with Gasteiger partial charge in [-0.1, -0.05) is 11.6 Å². The molecule has 134 valence electrons. The number of hydrogen-bond donors (Lipinski definition) is 2. The Morgan fingerprint density at radius 1 is 1.46 bits per heavy atom. The van der Waals surface area contributed by atoms with Gasteiger partial charge in [-0.15, -0.1) is 0 Å². The molecular formula is C17H25ClN2O4. The topological polar surface area (TPSA) is 82.8 Å². The van der Waals surface area contributed by atoms with E-state index in [2.05, 4.69) is 5.32 Å². The summed E-state index contributed by atoms with van der Waals surface area (Å²) in [6, 6.07) is 3.04. The van der Waals surface area contributed by atoms with Crippen LogP contribution in [0.2, 0.25) is 5.02 Å². The molecule has 1 saturated heterocycles. The summed E-state index contributed by atoms with van der Waals surface area (Å²) in [6.07, 6.45) is 1.63. The SMILES string of the molecule is CCOc1c(Cl)cc(CNC(=O)C(N)C2CCOCC2)cc1OC. The van der Waals surface area contributed by atoms with Crippen LogP contribution in [0, 0.1) is 5.92 Å². The van der Waals surface area contributed by atoms with Crippen molar-refractivity contribution >= 4 is 17.5 Å². The van der Waals surface area contributed by atoms with E-state index in [1.165, 1.54) is 0 Å². The summed E-state index contributed by atoms with van der Waals surface area (Å²) >= 11 is 6.24. The van der Waals surface area contributed by atoms with Crippen LogP contribution in [0.1, 0.15) is 25.3 Å². The Hall–Kier alpha value is -1.50. The molecule has 24 heavy (non-hydrogen) atoms. The van der Waals surface area contributed by atoms with E-state index in [0.717, 1.165) is 18.4 Å². The molecule has 2 rings (SSSR count). The van der Waals surface area contributed by atoms with Gasteiger partial charge in [0.15, 0.2) is 11.5 Å². The normalized spacial score (nSPS) is 16.5. The molecule has 7 heteroatoms. The molecule has 1 amide bonds. The number of methoxy groups -OCH3 is 1. The molecule has 0 aliphatic carbocycles. The number of carbonyl (C=O) groups is 1. The van der Waals surface area contributed by atoms with Gasteiger partial charge in [-0.3, -0.25) is 4.79 Å². The van der Waals surface area contributed by atoms with Crippen LogP contribution in [0.3, 0.4) is 0 Å². The van der Waals surface area contributed by atoms with Gasteiger partial charge < -0.3 is 25.3 Å². The number of hydrogen-bond acceptors (Lipinski definition) is 5. The number of ether oxygens (including phenoxy) is 3. The van der Waals surface area contributed by atoms with Crippen molar-refractivity contribution in [2.75, 3.05) is 26.9 Å². The van der Waals surface area contributed by atoms with Gasteiger partial charge in [-0.2, -0.15) is 0 Å². The standard InChI is InChI=1S/C17H25ClN2O4/c1-3-24-16-13(18)8-11(9-14(16)22-2)10-20-17(21)15(19)12-4-6-23-7-5-12/h8-9,12,15H,3-7,10,19H2,1-2H3,(H,20,21). The number of carbonyl (C=O) groups excluding carboxylic acids is 1. The highest BCUT2D eigenvalue weighted by Gasteiger charge is 2.26. The van der Waals surface area contributed by atoms with Gasteiger partial charge in [0.05, 0.1) is 24.8 Å². The van der Waals surface area contributed by atoms with Gasteiger partial charge in [0.1, 0.15) is 0 Å². The Kier molecular flexibility index (Phi) is 7.15. The van der Waals surface area contributed by atoms with Crippen molar-refractivity contribution in [1.82, 2.24) is 5.32 Å². The first-order chi connectivity index (χ1) is 11.6. The first-order valence-electron chi connectivity index (χ1n) is 8.17. The van der Waals surface area contributed by atoms with Gasteiger partial charge >= 0.3 is 0 Å². The number of benzene rings is 1. The summed E-state index contributed by atoms with van der Waals surface area (Å²) in [5, 5.41) is 3.32. The third kappa shape index (κ3) is 4.75. The fourth-order valence-corrected chi connectivity index (χ4v) is 3.04. The lowest BCUT2D eigenvalue weighted by atomic mass is 9.92. The van der Waals surface area contributed by atoms with Crippen LogP contribution < -0.4 is 20.5 Å². The average Bonchev–Trinajstić information content (AvgIpc) is 2.61. The Balaban J connectivity index is 1.98. The van der Waals surface area contributed by atoms with Crippen molar-refractivity contribution in [3.63, 3.8) is 0 Å². The van der Waals surface area contributed by atoms with Crippen LogP contribution in [-0.2, 0) is 16.1 Å². The second-order valence-electron chi connectivity index (χ2n) is 5.74. The molecule has 1 aromatic carbocycles. The molecular weight excluding hydrogens is 332 g/mol. The first-order valence-corrected chi connectivity index (χ1v) is 8.54. The minimum Gasteiger partial charge on any atom is -0.493 e. The first kappa shape index (κ1) is 18.8. The lowest BCUT2D eigenvalue weighted by Gasteiger charge is -2.26. The smallest absolute Gasteiger partial charge is 0.237 e. The molecule has 1 atom stereocenters. The second-order valence-corrected chi connectivity index (χ2v) is 6.14. The fraction of sp³-hybridized carbons (Fsp3) is 0.588. The van der Waals surface area contributed by atoms with Gasteiger partial charge in [-0.05, 0) is 43.4 Å². The molecule has 0 radical (unpaired) electrons. The molecule has 0 saturated carbocycles. The Labute approximate surface area is 147 Å². The van der Waals surface area contributed by atoms with E-state index in [1.54, 1.807) is 19.2 Å². The highest BCUT2D eigenvalue weighted by atomic mass is 35.5. The van der Waals surface area contributed by atoms with Crippen molar-refractivity contribution < 1.29 is 19.0 Å². The van der Waals surface area contributed by atoms with Crippen molar-refractivity contribution in [3.05, 3.63) is 22.7 Å². The monoisotopic (exact) mass is 356 g/mol. The maximum Gasteiger partial charge on any atom is 0.237 e.